The molecule has 0 unspecified atom stereocenters. The minimum atomic E-state index is 1.22. The Labute approximate surface area is 90.8 Å². The maximum atomic E-state index is 2.45. The summed E-state index contributed by atoms with van der Waals surface area (Å²) in [5.74, 6) is 0. The number of rotatable bonds is 9. The molecule has 0 N–H and O–H groups in total. The second-order valence-electron chi connectivity index (χ2n) is 4.18. The molecule has 0 saturated heterocycles. The van der Waals surface area contributed by atoms with Gasteiger partial charge in [0, 0.05) is 0 Å². The van der Waals surface area contributed by atoms with Crippen LogP contribution in [0.15, 0.2) is 11.6 Å². The summed E-state index contributed by atoms with van der Waals surface area (Å²) in [5.41, 5.74) is 1.72. The van der Waals surface area contributed by atoms with E-state index in [1.54, 1.807) is 5.57 Å². The zero-order chi connectivity index (χ0) is 10.6. The first-order valence-corrected chi connectivity index (χ1v) is 6.53. The Morgan fingerprint density at radius 3 is 1.64 bits per heavy atom. The normalized spacial score (nSPS) is 10.2. The molecule has 0 fully saturated rings. The van der Waals surface area contributed by atoms with Gasteiger partial charge in [0.25, 0.3) is 0 Å². The van der Waals surface area contributed by atoms with Crippen molar-refractivity contribution in [1.29, 1.82) is 0 Å². The van der Waals surface area contributed by atoms with Crippen LogP contribution in [0.2, 0.25) is 0 Å². The third-order valence-corrected chi connectivity index (χ3v) is 2.70. The van der Waals surface area contributed by atoms with Gasteiger partial charge < -0.3 is 0 Å². The van der Waals surface area contributed by atoms with Crippen LogP contribution in [0.4, 0.5) is 0 Å². The fraction of sp³-hybridized carbons (Fsp3) is 0.857. The lowest BCUT2D eigenvalue weighted by Crippen LogP contribution is -1.86. The zero-order valence-corrected chi connectivity index (χ0v) is 10.4. The molecule has 0 spiro atoms. The van der Waals surface area contributed by atoms with Gasteiger partial charge in [0.15, 0.2) is 0 Å². The number of allylic oxidation sites excluding steroid dienone is 2. The van der Waals surface area contributed by atoms with Gasteiger partial charge in [-0.2, -0.15) is 0 Å². The second kappa shape index (κ2) is 10.8. The van der Waals surface area contributed by atoms with Crippen LogP contribution in [0.25, 0.3) is 0 Å². The minimum absolute atomic E-state index is 1.22. The first kappa shape index (κ1) is 13.7. The molecule has 14 heavy (non-hydrogen) atoms. The molecule has 0 saturated carbocycles. The Kier molecular flexibility index (Phi) is 10.6. The lowest BCUT2D eigenvalue weighted by Gasteiger charge is -2.06. The fourth-order valence-electron chi connectivity index (χ4n) is 1.82. The van der Waals surface area contributed by atoms with Crippen molar-refractivity contribution in [2.24, 2.45) is 0 Å². The quantitative estimate of drug-likeness (QED) is 0.338. The van der Waals surface area contributed by atoms with Crippen molar-refractivity contribution in [3.8, 4) is 0 Å². The Morgan fingerprint density at radius 1 is 0.786 bits per heavy atom. The Hall–Kier alpha value is -0.260. The number of hydrogen-bond acceptors (Lipinski definition) is 0. The fourth-order valence-corrected chi connectivity index (χ4v) is 1.82. The molecule has 0 bridgehead atoms. The SMILES string of the molecule is CCC=C(CCCCC)CCCCC. The van der Waals surface area contributed by atoms with E-state index in [4.69, 9.17) is 0 Å². The smallest absolute Gasteiger partial charge is 0.0320 e. The third-order valence-electron chi connectivity index (χ3n) is 2.70. The topological polar surface area (TPSA) is 0 Å². The molecular weight excluding hydrogens is 168 g/mol. The summed E-state index contributed by atoms with van der Waals surface area (Å²) in [4.78, 5) is 0. The molecule has 0 aromatic carbocycles. The molecule has 0 atom stereocenters. The lowest BCUT2D eigenvalue weighted by molar-refractivity contribution is 0.657. The third kappa shape index (κ3) is 8.34. The second-order valence-corrected chi connectivity index (χ2v) is 4.18. The van der Waals surface area contributed by atoms with E-state index >= 15 is 0 Å². The van der Waals surface area contributed by atoms with Gasteiger partial charge in [-0.15, -0.1) is 0 Å². The van der Waals surface area contributed by atoms with Gasteiger partial charge in [-0.25, -0.2) is 0 Å². The summed E-state index contributed by atoms with van der Waals surface area (Å²) >= 11 is 0. The van der Waals surface area contributed by atoms with Gasteiger partial charge in [0.1, 0.15) is 0 Å². The van der Waals surface area contributed by atoms with E-state index in [9.17, 15) is 0 Å². The van der Waals surface area contributed by atoms with Crippen molar-refractivity contribution in [2.75, 3.05) is 0 Å². The molecule has 0 nitrogen and oxygen atoms in total. The average molecular weight is 196 g/mol. The van der Waals surface area contributed by atoms with Gasteiger partial charge in [-0.1, -0.05) is 58.1 Å². The highest BCUT2D eigenvalue weighted by atomic mass is 14.0. The van der Waals surface area contributed by atoms with Gasteiger partial charge >= 0.3 is 0 Å². The van der Waals surface area contributed by atoms with Crippen LogP contribution in [0.3, 0.4) is 0 Å². The van der Waals surface area contributed by atoms with Crippen molar-refractivity contribution < 1.29 is 0 Å². The summed E-state index contributed by atoms with van der Waals surface area (Å²) < 4.78 is 0. The van der Waals surface area contributed by atoms with Crippen LogP contribution in [-0.2, 0) is 0 Å². The van der Waals surface area contributed by atoms with E-state index in [2.05, 4.69) is 26.8 Å². The number of unbranched alkanes of at least 4 members (excludes halogenated alkanes) is 4. The molecule has 0 rings (SSSR count). The van der Waals surface area contributed by atoms with E-state index in [1.807, 2.05) is 0 Å². The first-order valence-electron chi connectivity index (χ1n) is 6.53. The van der Waals surface area contributed by atoms with Crippen LogP contribution >= 0.6 is 0 Å². The molecule has 0 aliphatic carbocycles. The number of hydrogen-bond donors (Lipinski definition) is 0. The van der Waals surface area contributed by atoms with Crippen LogP contribution in [0.5, 0.6) is 0 Å². The van der Waals surface area contributed by atoms with Gasteiger partial charge in [-0.3, -0.25) is 0 Å². The maximum absolute atomic E-state index is 2.45. The summed E-state index contributed by atoms with van der Waals surface area (Å²) in [5, 5.41) is 0. The Balaban J connectivity index is 3.61. The molecule has 84 valence electrons. The highest BCUT2D eigenvalue weighted by molar-refractivity contribution is 5.01. The molecule has 0 amide bonds. The Morgan fingerprint density at radius 2 is 1.29 bits per heavy atom. The first-order chi connectivity index (χ1) is 6.85. The van der Waals surface area contributed by atoms with Crippen molar-refractivity contribution in [3.05, 3.63) is 11.6 Å². The van der Waals surface area contributed by atoms with Crippen molar-refractivity contribution in [3.63, 3.8) is 0 Å². The summed E-state index contributed by atoms with van der Waals surface area (Å²) in [7, 11) is 0. The zero-order valence-electron chi connectivity index (χ0n) is 10.4. The predicted octanol–water partition coefficient (Wildman–Crippen LogP) is 5.48. The van der Waals surface area contributed by atoms with E-state index in [1.165, 1.54) is 57.8 Å². The van der Waals surface area contributed by atoms with Crippen molar-refractivity contribution in [1.82, 2.24) is 0 Å². The molecule has 0 heterocycles. The van der Waals surface area contributed by atoms with Crippen molar-refractivity contribution >= 4 is 0 Å². The van der Waals surface area contributed by atoms with Gasteiger partial charge in [0.2, 0.25) is 0 Å². The molecule has 0 aliphatic rings. The predicted molar refractivity (Wildman–Crippen MR) is 66.7 cm³/mol. The molecule has 0 radical (unpaired) electrons. The molecule has 0 aromatic heterocycles. The molecule has 0 aromatic rings. The van der Waals surface area contributed by atoms with Gasteiger partial charge in [0.05, 0.1) is 0 Å². The summed E-state index contributed by atoms with van der Waals surface area (Å²) in [6, 6.07) is 0. The summed E-state index contributed by atoms with van der Waals surface area (Å²) in [6.07, 6.45) is 14.6. The summed E-state index contributed by atoms with van der Waals surface area (Å²) in [6.45, 7) is 6.81. The highest BCUT2D eigenvalue weighted by Gasteiger charge is 1.96. The van der Waals surface area contributed by atoms with Crippen LogP contribution in [0, 0.1) is 0 Å². The Bertz CT molecular complexity index is 121. The lowest BCUT2D eigenvalue weighted by atomic mass is 10.0. The molecule has 0 heteroatoms. The van der Waals surface area contributed by atoms with Crippen LogP contribution < -0.4 is 0 Å². The monoisotopic (exact) mass is 196 g/mol. The van der Waals surface area contributed by atoms with Gasteiger partial charge in [-0.05, 0) is 32.1 Å². The molecule has 0 aliphatic heterocycles. The highest BCUT2D eigenvalue weighted by Crippen LogP contribution is 2.16. The standard InChI is InChI=1S/C14H28/c1-4-7-9-12-14(11-6-3)13-10-8-5-2/h11H,4-10,12-13H2,1-3H3. The molecular formula is C14H28. The average Bonchev–Trinajstić information content (AvgIpc) is 2.18. The maximum Gasteiger partial charge on any atom is -0.0320 e. The largest absolute Gasteiger partial charge is 0.0856 e. The van der Waals surface area contributed by atoms with E-state index in [0.717, 1.165) is 0 Å². The van der Waals surface area contributed by atoms with Crippen LogP contribution in [-0.4, -0.2) is 0 Å². The van der Waals surface area contributed by atoms with Crippen molar-refractivity contribution in [2.45, 2.75) is 78.6 Å². The van der Waals surface area contributed by atoms with E-state index in [-0.39, 0.29) is 0 Å². The van der Waals surface area contributed by atoms with E-state index in [0.29, 0.717) is 0 Å². The minimum Gasteiger partial charge on any atom is -0.0856 e. The van der Waals surface area contributed by atoms with Crippen LogP contribution in [0.1, 0.15) is 78.6 Å². The van der Waals surface area contributed by atoms with E-state index < -0.39 is 0 Å².